The summed E-state index contributed by atoms with van der Waals surface area (Å²) >= 11 is 0. The van der Waals surface area contributed by atoms with Crippen molar-refractivity contribution < 1.29 is 4.79 Å². The van der Waals surface area contributed by atoms with Gasteiger partial charge in [0.25, 0.3) is 0 Å². The number of carbonyl (C=O) groups excluding carboxylic acids is 1. The van der Waals surface area contributed by atoms with Crippen LogP contribution in [-0.4, -0.2) is 29.6 Å². The van der Waals surface area contributed by atoms with Gasteiger partial charge in [-0.3, -0.25) is 10.1 Å². The standard InChI is InChI=1S/C16H30N2O/c1-4-8-14-16(19)18(15(17-14)12(2)3)11-13-9-6-5-7-10-13/h12-15,17H,4-11H2,1-3H3. The molecule has 0 spiro atoms. The van der Waals surface area contributed by atoms with Crippen LogP contribution in [0.1, 0.15) is 65.7 Å². The van der Waals surface area contributed by atoms with Crippen LogP contribution in [0.15, 0.2) is 0 Å². The van der Waals surface area contributed by atoms with Crippen molar-refractivity contribution in [3.63, 3.8) is 0 Å². The molecule has 2 fully saturated rings. The predicted molar refractivity (Wildman–Crippen MR) is 78.7 cm³/mol. The average molecular weight is 266 g/mol. The van der Waals surface area contributed by atoms with Crippen LogP contribution in [0.25, 0.3) is 0 Å². The first-order valence-corrected chi connectivity index (χ1v) is 8.20. The molecule has 0 aromatic heterocycles. The minimum absolute atomic E-state index is 0.0704. The maximum atomic E-state index is 12.5. The molecule has 3 heteroatoms. The average Bonchev–Trinajstić information content (AvgIpc) is 2.70. The van der Waals surface area contributed by atoms with Crippen LogP contribution in [0.3, 0.4) is 0 Å². The van der Waals surface area contributed by atoms with Crippen LogP contribution in [0.4, 0.5) is 0 Å². The summed E-state index contributed by atoms with van der Waals surface area (Å²) in [6, 6.07) is 0.0704. The Morgan fingerprint density at radius 3 is 2.53 bits per heavy atom. The van der Waals surface area contributed by atoms with Crippen LogP contribution < -0.4 is 5.32 Å². The Labute approximate surface area is 118 Å². The van der Waals surface area contributed by atoms with E-state index in [1.807, 2.05) is 0 Å². The van der Waals surface area contributed by atoms with Gasteiger partial charge in [0.2, 0.25) is 5.91 Å². The second kappa shape index (κ2) is 6.74. The van der Waals surface area contributed by atoms with E-state index in [1.54, 1.807) is 0 Å². The lowest BCUT2D eigenvalue weighted by Gasteiger charge is -2.32. The van der Waals surface area contributed by atoms with Gasteiger partial charge in [-0.25, -0.2) is 0 Å². The smallest absolute Gasteiger partial charge is 0.241 e. The van der Waals surface area contributed by atoms with Gasteiger partial charge in [-0.2, -0.15) is 0 Å². The summed E-state index contributed by atoms with van der Waals surface area (Å²) in [5.74, 6) is 1.58. The molecule has 3 nitrogen and oxygen atoms in total. The lowest BCUT2D eigenvalue weighted by Crippen LogP contribution is -2.44. The van der Waals surface area contributed by atoms with Crippen molar-refractivity contribution in [3.05, 3.63) is 0 Å². The van der Waals surface area contributed by atoms with E-state index in [1.165, 1.54) is 32.1 Å². The number of carbonyl (C=O) groups is 1. The first kappa shape index (κ1) is 14.8. The van der Waals surface area contributed by atoms with E-state index < -0.39 is 0 Å². The highest BCUT2D eigenvalue weighted by Crippen LogP contribution is 2.28. The van der Waals surface area contributed by atoms with Crippen LogP contribution >= 0.6 is 0 Å². The highest BCUT2D eigenvalue weighted by molar-refractivity contribution is 5.84. The minimum Gasteiger partial charge on any atom is -0.325 e. The zero-order valence-corrected chi connectivity index (χ0v) is 12.8. The number of nitrogens with one attached hydrogen (secondary N) is 1. The van der Waals surface area contributed by atoms with Gasteiger partial charge in [0.1, 0.15) is 0 Å². The molecule has 1 heterocycles. The fourth-order valence-electron chi connectivity index (χ4n) is 3.60. The molecule has 2 unspecified atom stereocenters. The largest absolute Gasteiger partial charge is 0.325 e. The molecule has 0 radical (unpaired) electrons. The molecule has 2 aliphatic rings. The molecule has 0 bridgehead atoms. The van der Waals surface area contributed by atoms with Crippen LogP contribution in [0, 0.1) is 11.8 Å². The van der Waals surface area contributed by atoms with Crippen LogP contribution in [0.2, 0.25) is 0 Å². The van der Waals surface area contributed by atoms with E-state index in [2.05, 4.69) is 31.0 Å². The minimum atomic E-state index is 0.0704. The normalized spacial score (nSPS) is 29.5. The number of nitrogens with zero attached hydrogens (tertiary/aromatic N) is 1. The Morgan fingerprint density at radius 2 is 1.95 bits per heavy atom. The van der Waals surface area contributed by atoms with Gasteiger partial charge in [0, 0.05) is 6.54 Å². The molecule has 19 heavy (non-hydrogen) atoms. The first-order valence-electron chi connectivity index (χ1n) is 8.20. The molecule has 110 valence electrons. The summed E-state index contributed by atoms with van der Waals surface area (Å²) in [6.45, 7) is 7.57. The molecule has 1 saturated heterocycles. The summed E-state index contributed by atoms with van der Waals surface area (Å²) in [5, 5.41) is 3.56. The molecule has 1 amide bonds. The van der Waals surface area contributed by atoms with Crippen molar-refractivity contribution in [3.8, 4) is 0 Å². The van der Waals surface area contributed by atoms with Crippen molar-refractivity contribution in [2.75, 3.05) is 6.54 Å². The molecule has 2 rings (SSSR count). The van der Waals surface area contributed by atoms with E-state index in [0.29, 0.717) is 11.8 Å². The Morgan fingerprint density at radius 1 is 1.26 bits per heavy atom. The third-order valence-electron chi connectivity index (χ3n) is 4.68. The fourth-order valence-corrected chi connectivity index (χ4v) is 3.60. The Bertz CT molecular complexity index is 297. The molecule has 0 aromatic carbocycles. The highest BCUT2D eigenvalue weighted by Gasteiger charge is 2.40. The van der Waals surface area contributed by atoms with Crippen LogP contribution in [0.5, 0.6) is 0 Å². The molecule has 0 aromatic rings. The quantitative estimate of drug-likeness (QED) is 0.829. The van der Waals surface area contributed by atoms with Gasteiger partial charge in [-0.05, 0) is 31.1 Å². The predicted octanol–water partition coefficient (Wildman–Crippen LogP) is 3.15. The number of rotatable bonds is 5. The molecule has 1 aliphatic carbocycles. The number of amides is 1. The molecular weight excluding hydrogens is 236 g/mol. The van der Waals surface area contributed by atoms with E-state index in [0.717, 1.165) is 25.3 Å². The molecule has 2 atom stereocenters. The number of hydrogen-bond donors (Lipinski definition) is 1. The number of hydrogen-bond acceptors (Lipinski definition) is 2. The first-order chi connectivity index (χ1) is 9.13. The van der Waals surface area contributed by atoms with Crippen molar-refractivity contribution in [1.82, 2.24) is 10.2 Å². The van der Waals surface area contributed by atoms with Gasteiger partial charge in [-0.15, -0.1) is 0 Å². The third kappa shape index (κ3) is 3.50. The highest BCUT2D eigenvalue weighted by atomic mass is 16.2. The SMILES string of the molecule is CCCC1NC(C(C)C)N(CC2CCCCC2)C1=O. The summed E-state index contributed by atoms with van der Waals surface area (Å²) < 4.78 is 0. The van der Waals surface area contributed by atoms with E-state index in [4.69, 9.17) is 0 Å². The maximum Gasteiger partial charge on any atom is 0.241 e. The Kier molecular flexibility index (Phi) is 5.26. The van der Waals surface area contributed by atoms with Crippen molar-refractivity contribution in [2.45, 2.75) is 77.9 Å². The summed E-state index contributed by atoms with van der Waals surface area (Å²) in [7, 11) is 0. The van der Waals surface area contributed by atoms with Gasteiger partial charge in [0.05, 0.1) is 12.2 Å². The molecule has 1 saturated carbocycles. The van der Waals surface area contributed by atoms with Crippen molar-refractivity contribution in [1.29, 1.82) is 0 Å². The van der Waals surface area contributed by atoms with Crippen LogP contribution in [-0.2, 0) is 4.79 Å². The van der Waals surface area contributed by atoms with Crippen molar-refractivity contribution >= 4 is 5.91 Å². The maximum absolute atomic E-state index is 12.5. The van der Waals surface area contributed by atoms with Gasteiger partial charge >= 0.3 is 0 Å². The second-order valence-electron chi connectivity index (χ2n) is 6.69. The van der Waals surface area contributed by atoms with Gasteiger partial charge < -0.3 is 4.90 Å². The van der Waals surface area contributed by atoms with E-state index >= 15 is 0 Å². The van der Waals surface area contributed by atoms with Gasteiger partial charge in [-0.1, -0.05) is 46.5 Å². The zero-order valence-electron chi connectivity index (χ0n) is 12.8. The Balaban J connectivity index is 1.99. The van der Waals surface area contributed by atoms with E-state index in [9.17, 15) is 4.79 Å². The lowest BCUT2D eigenvalue weighted by atomic mass is 9.88. The zero-order chi connectivity index (χ0) is 13.8. The summed E-state index contributed by atoms with van der Waals surface area (Å²) in [5.41, 5.74) is 0. The second-order valence-corrected chi connectivity index (χ2v) is 6.69. The third-order valence-corrected chi connectivity index (χ3v) is 4.68. The topological polar surface area (TPSA) is 32.3 Å². The fraction of sp³-hybridized carbons (Fsp3) is 0.938. The van der Waals surface area contributed by atoms with Gasteiger partial charge in [0.15, 0.2) is 0 Å². The van der Waals surface area contributed by atoms with Crippen molar-refractivity contribution in [2.24, 2.45) is 11.8 Å². The summed E-state index contributed by atoms with van der Waals surface area (Å²) in [4.78, 5) is 14.7. The summed E-state index contributed by atoms with van der Waals surface area (Å²) in [6.07, 6.45) is 9.02. The Hall–Kier alpha value is -0.570. The molecule has 1 aliphatic heterocycles. The monoisotopic (exact) mass is 266 g/mol. The molecule has 1 N–H and O–H groups in total. The molecular formula is C16H30N2O. The van der Waals surface area contributed by atoms with E-state index in [-0.39, 0.29) is 12.2 Å². The lowest BCUT2D eigenvalue weighted by molar-refractivity contribution is -0.131.